The van der Waals surface area contributed by atoms with Crippen LogP contribution in [0, 0.1) is 0 Å². The molecule has 5 heteroatoms. The van der Waals surface area contributed by atoms with Crippen molar-refractivity contribution < 1.29 is 28.3 Å². The van der Waals surface area contributed by atoms with Crippen LogP contribution in [0.2, 0.25) is 0 Å². The highest BCUT2D eigenvalue weighted by molar-refractivity contribution is 6.23. The molecule has 5 nitrogen and oxygen atoms in total. The molecule has 0 aromatic carbocycles. The van der Waals surface area contributed by atoms with Gasteiger partial charge in [-0.15, -0.1) is 0 Å². The summed E-state index contributed by atoms with van der Waals surface area (Å²) in [5, 5.41) is 8.73. The van der Waals surface area contributed by atoms with Crippen LogP contribution < -0.4 is 0 Å². The highest BCUT2D eigenvalue weighted by Crippen LogP contribution is 2.28. The number of carbonyl (C=O) groups is 2. The summed E-state index contributed by atoms with van der Waals surface area (Å²) in [5.74, 6) is -1.95. The van der Waals surface area contributed by atoms with Crippen LogP contribution in [-0.2, 0) is 19.1 Å². The van der Waals surface area contributed by atoms with Gasteiger partial charge in [-0.1, -0.05) is 38.5 Å². The number of aliphatic hydroxyl groups excluding tert-OH is 1. The SMILES string of the molecule is [2H]C([2H])([2H])C1=C(CCCCCCCCCCO)C(=O)C(OC)=C(OC)C1=O. The molecule has 0 saturated carbocycles. The van der Waals surface area contributed by atoms with Gasteiger partial charge >= 0.3 is 0 Å². The maximum Gasteiger partial charge on any atom is 0.228 e. The van der Waals surface area contributed by atoms with E-state index in [9.17, 15) is 9.59 Å². The number of rotatable bonds is 12. The third-order valence-electron chi connectivity index (χ3n) is 4.16. The maximum absolute atomic E-state index is 12.7. The van der Waals surface area contributed by atoms with Crippen molar-refractivity contribution in [3.63, 3.8) is 0 Å². The number of hydrogen-bond donors (Lipinski definition) is 1. The van der Waals surface area contributed by atoms with Gasteiger partial charge in [0.25, 0.3) is 0 Å². The molecule has 0 amide bonds. The number of hydrogen-bond acceptors (Lipinski definition) is 5. The molecule has 0 aliphatic heterocycles. The summed E-state index contributed by atoms with van der Waals surface area (Å²) in [6.07, 6.45) is 7.78. The average molecular weight is 341 g/mol. The van der Waals surface area contributed by atoms with E-state index in [-0.39, 0.29) is 30.1 Å². The van der Waals surface area contributed by atoms with Crippen LogP contribution in [0.4, 0.5) is 0 Å². The standard InChI is InChI=1S/C19H30O5/c1-14-15(12-10-8-6-4-5-7-9-11-13-20)17(22)19(24-3)18(23-2)16(14)21/h20H,4-13H2,1-3H3/i1D3. The van der Waals surface area contributed by atoms with E-state index in [1.807, 2.05) is 0 Å². The first-order valence-electron chi connectivity index (χ1n) is 10.1. The van der Waals surface area contributed by atoms with Gasteiger partial charge in [-0.25, -0.2) is 0 Å². The minimum atomic E-state index is -2.68. The second kappa shape index (κ2) is 11.0. The number of Topliss-reactive ketones (excluding diaryl/α,β-unsaturated/α-hetero) is 2. The van der Waals surface area contributed by atoms with E-state index in [2.05, 4.69) is 0 Å². The number of ketones is 2. The van der Waals surface area contributed by atoms with Gasteiger partial charge in [-0.05, 0) is 26.1 Å². The third kappa shape index (κ3) is 5.48. The molecule has 1 aliphatic carbocycles. The lowest BCUT2D eigenvalue weighted by Gasteiger charge is -2.20. The molecule has 0 aromatic heterocycles. The number of unbranched alkanes of at least 4 members (excludes halogenated alkanes) is 7. The fourth-order valence-corrected chi connectivity index (χ4v) is 2.79. The van der Waals surface area contributed by atoms with Gasteiger partial charge in [0.2, 0.25) is 23.1 Å². The van der Waals surface area contributed by atoms with E-state index in [0.29, 0.717) is 6.42 Å². The minimum absolute atomic E-state index is 0.0144. The molecule has 1 rings (SSSR count). The molecule has 0 saturated heterocycles. The van der Waals surface area contributed by atoms with Crippen molar-refractivity contribution in [1.82, 2.24) is 0 Å². The summed E-state index contributed by atoms with van der Waals surface area (Å²) in [6, 6.07) is 0. The molecule has 0 unspecified atom stereocenters. The summed E-state index contributed by atoms with van der Waals surface area (Å²) in [5.41, 5.74) is -0.435. The molecule has 0 heterocycles. The van der Waals surface area contributed by atoms with Crippen LogP contribution in [0.1, 0.15) is 68.8 Å². The van der Waals surface area contributed by atoms with E-state index in [1.165, 1.54) is 14.2 Å². The second-order valence-electron chi connectivity index (χ2n) is 5.88. The molecule has 1 N–H and O–H groups in total. The van der Waals surface area contributed by atoms with Crippen LogP contribution in [0.15, 0.2) is 22.7 Å². The van der Waals surface area contributed by atoms with Gasteiger partial charge in [0, 0.05) is 21.9 Å². The van der Waals surface area contributed by atoms with E-state index in [1.54, 1.807) is 0 Å². The molecule has 136 valence electrons. The van der Waals surface area contributed by atoms with Crippen LogP contribution in [0.25, 0.3) is 0 Å². The van der Waals surface area contributed by atoms with Crippen LogP contribution in [0.5, 0.6) is 0 Å². The predicted octanol–water partition coefficient (Wildman–Crippen LogP) is 3.46. The molecule has 0 spiro atoms. The van der Waals surface area contributed by atoms with Crippen LogP contribution >= 0.6 is 0 Å². The van der Waals surface area contributed by atoms with Crippen molar-refractivity contribution >= 4 is 11.6 Å². The molecule has 0 radical (unpaired) electrons. The van der Waals surface area contributed by atoms with Crippen molar-refractivity contribution in [2.24, 2.45) is 0 Å². The fraction of sp³-hybridized carbons (Fsp3) is 0.684. The largest absolute Gasteiger partial charge is 0.489 e. The number of allylic oxidation sites excluding steroid dienone is 2. The van der Waals surface area contributed by atoms with Crippen molar-refractivity contribution in [2.75, 3.05) is 20.8 Å². The van der Waals surface area contributed by atoms with Crippen LogP contribution in [0.3, 0.4) is 0 Å². The fourth-order valence-electron chi connectivity index (χ4n) is 2.79. The van der Waals surface area contributed by atoms with Gasteiger partial charge in [0.15, 0.2) is 0 Å². The van der Waals surface area contributed by atoms with Gasteiger partial charge in [0.1, 0.15) is 0 Å². The van der Waals surface area contributed by atoms with Gasteiger partial charge in [-0.3, -0.25) is 9.59 Å². The first-order valence-corrected chi connectivity index (χ1v) is 8.55. The Hall–Kier alpha value is -1.62. The summed E-state index contributed by atoms with van der Waals surface area (Å²) in [6.45, 7) is -2.45. The molecular weight excluding hydrogens is 308 g/mol. The zero-order valence-electron chi connectivity index (χ0n) is 17.7. The van der Waals surface area contributed by atoms with Gasteiger partial charge in [-0.2, -0.15) is 0 Å². The normalized spacial score (nSPS) is 17.7. The first kappa shape index (κ1) is 15.9. The Kier molecular flexibility index (Phi) is 7.30. The monoisotopic (exact) mass is 341 g/mol. The molecule has 0 aromatic rings. The molecule has 1 aliphatic rings. The number of carbonyl (C=O) groups excluding carboxylic acids is 2. The summed E-state index contributed by atoms with van der Waals surface area (Å²) < 4.78 is 32.9. The van der Waals surface area contributed by atoms with Gasteiger partial charge in [0.05, 0.1) is 14.2 Å². The highest BCUT2D eigenvalue weighted by atomic mass is 16.5. The summed E-state index contributed by atoms with van der Waals surface area (Å²) >= 11 is 0. The number of methoxy groups -OCH3 is 2. The maximum atomic E-state index is 12.7. The summed E-state index contributed by atoms with van der Waals surface area (Å²) in [7, 11) is 2.47. The Labute approximate surface area is 148 Å². The predicted molar refractivity (Wildman–Crippen MR) is 92.4 cm³/mol. The quantitative estimate of drug-likeness (QED) is 0.435. The molecule has 0 fully saturated rings. The lowest BCUT2D eigenvalue weighted by atomic mass is 9.89. The Morgan fingerprint density at radius 3 is 1.83 bits per heavy atom. The smallest absolute Gasteiger partial charge is 0.228 e. The van der Waals surface area contributed by atoms with Gasteiger partial charge < -0.3 is 14.6 Å². The zero-order valence-corrected chi connectivity index (χ0v) is 14.7. The average Bonchev–Trinajstić information content (AvgIpc) is 2.61. The lowest BCUT2D eigenvalue weighted by molar-refractivity contribution is -0.121. The van der Waals surface area contributed by atoms with E-state index in [4.69, 9.17) is 18.7 Å². The summed E-state index contributed by atoms with van der Waals surface area (Å²) in [4.78, 5) is 25.2. The molecule has 0 bridgehead atoms. The number of aliphatic hydroxyl groups is 1. The third-order valence-corrected chi connectivity index (χ3v) is 4.16. The van der Waals surface area contributed by atoms with E-state index in [0.717, 1.165) is 44.9 Å². The lowest BCUT2D eigenvalue weighted by Crippen LogP contribution is -2.25. The Morgan fingerprint density at radius 2 is 1.33 bits per heavy atom. The Bertz CT molecular complexity index is 591. The Balaban J connectivity index is 2.72. The van der Waals surface area contributed by atoms with Crippen LogP contribution in [-0.4, -0.2) is 37.5 Å². The van der Waals surface area contributed by atoms with Crippen molar-refractivity contribution in [3.8, 4) is 0 Å². The van der Waals surface area contributed by atoms with E-state index < -0.39 is 24.0 Å². The second-order valence-corrected chi connectivity index (χ2v) is 5.88. The van der Waals surface area contributed by atoms with Crippen molar-refractivity contribution in [3.05, 3.63) is 22.7 Å². The number of ether oxygens (including phenoxy) is 2. The highest BCUT2D eigenvalue weighted by Gasteiger charge is 2.34. The Morgan fingerprint density at radius 1 is 0.833 bits per heavy atom. The van der Waals surface area contributed by atoms with Crippen molar-refractivity contribution in [2.45, 2.75) is 64.6 Å². The van der Waals surface area contributed by atoms with E-state index >= 15 is 0 Å². The molecule has 24 heavy (non-hydrogen) atoms. The van der Waals surface area contributed by atoms with Crippen molar-refractivity contribution in [1.29, 1.82) is 0 Å². The first-order chi connectivity index (χ1) is 12.8. The topological polar surface area (TPSA) is 72.8 Å². The minimum Gasteiger partial charge on any atom is -0.489 e. The molecule has 0 atom stereocenters. The zero-order chi connectivity index (χ0) is 20.4. The molecular formula is C19H30O5.